The number of carbonyl (C=O) groups is 1. The maximum absolute atomic E-state index is 9.00. The van der Waals surface area contributed by atoms with Gasteiger partial charge in [-0.2, -0.15) is 0 Å². The molecule has 0 saturated heterocycles. The number of rotatable bonds is 0. The van der Waals surface area contributed by atoms with Gasteiger partial charge in [-0.1, -0.05) is 0 Å². The first-order valence-corrected chi connectivity index (χ1v) is 1.77. The molecule has 1 N–H and O–H groups in total. The standard InChI is InChI=1S/C2H4O2.O.Ti/c1-2(3)4;;/h1H3,(H,3,4);;. The van der Waals surface area contributed by atoms with Crippen molar-refractivity contribution < 1.29 is 33.6 Å². The van der Waals surface area contributed by atoms with Crippen molar-refractivity contribution in [2.45, 2.75) is 6.92 Å². The van der Waals surface area contributed by atoms with Crippen LogP contribution < -0.4 is 0 Å². The molecular formula is C2H4O3Ti. The molecule has 0 aromatic carbocycles. The van der Waals surface area contributed by atoms with Crippen LogP contribution >= 0.6 is 0 Å². The van der Waals surface area contributed by atoms with Crippen molar-refractivity contribution in [3.8, 4) is 0 Å². The second kappa shape index (κ2) is 8.88. The minimum absolute atomic E-state index is 0.750. The average Bonchev–Trinajstić information content (AvgIpc) is 1.41. The van der Waals surface area contributed by atoms with E-state index < -0.39 is 5.97 Å². The summed E-state index contributed by atoms with van der Waals surface area (Å²) in [6, 6.07) is 0. The third-order valence-corrected chi connectivity index (χ3v) is 0. The molecule has 0 aliphatic carbocycles. The molecule has 0 radical (unpaired) electrons. The normalized spacial score (nSPS) is 4.67. The summed E-state index contributed by atoms with van der Waals surface area (Å²) in [5.74, 6) is -0.833. The van der Waals surface area contributed by atoms with E-state index in [-0.39, 0.29) is 0 Å². The van der Waals surface area contributed by atoms with Crippen molar-refractivity contribution in [3.05, 3.63) is 0 Å². The first kappa shape index (κ1) is 9.37. The molecule has 0 unspecified atom stereocenters. The second-order valence-electron chi connectivity index (χ2n) is 0.519. The number of carboxylic acids is 1. The molecule has 0 atom stereocenters. The zero-order valence-electron chi connectivity index (χ0n) is 3.26. The van der Waals surface area contributed by atoms with Crippen LogP contribution in [0.1, 0.15) is 6.92 Å². The fraction of sp³-hybridized carbons (Fsp3) is 0.500. The molecule has 34 valence electrons. The van der Waals surface area contributed by atoms with Gasteiger partial charge in [-0.3, -0.25) is 4.79 Å². The Balaban J connectivity index is 0. The molecule has 3 nitrogen and oxygen atoms in total. The van der Waals surface area contributed by atoms with E-state index in [0.29, 0.717) is 0 Å². The van der Waals surface area contributed by atoms with Crippen molar-refractivity contribution in [1.29, 1.82) is 0 Å². The van der Waals surface area contributed by atoms with Crippen LogP contribution in [0.4, 0.5) is 0 Å². The third kappa shape index (κ3) is 144000. The van der Waals surface area contributed by atoms with Gasteiger partial charge in [-0.25, -0.2) is 0 Å². The molecule has 0 aromatic heterocycles. The van der Waals surface area contributed by atoms with Gasteiger partial charge < -0.3 is 5.11 Å². The molecule has 0 aromatic rings. The van der Waals surface area contributed by atoms with Crippen molar-refractivity contribution >= 4 is 5.97 Å². The summed E-state index contributed by atoms with van der Waals surface area (Å²) in [5.41, 5.74) is 0. The summed E-state index contributed by atoms with van der Waals surface area (Å²) in [6.07, 6.45) is 0. The molecule has 0 heterocycles. The summed E-state index contributed by atoms with van der Waals surface area (Å²) >= 11 is 0.750. The molecule has 0 fully saturated rings. The molecule has 0 bridgehead atoms. The maximum atomic E-state index is 9.00. The molecular weight excluding hydrogens is 120 g/mol. The number of carboxylic acid groups (broad SMARTS) is 1. The van der Waals surface area contributed by atoms with Crippen LogP contribution in [0.15, 0.2) is 0 Å². The van der Waals surface area contributed by atoms with Gasteiger partial charge in [0.25, 0.3) is 5.97 Å². The summed E-state index contributed by atoms with van der Waals surface area (Å²) in [4.78, 5) is 9.00. The molecule has 6 heavy (non-hydrogen) atoms. The summed E-state index contributed by atoms with van der Waals surface area (Å²) in [6.45, 7) is 1.08. The van der Waals surface area contributed by atoms with Gasteiger partial charge >= 0.3 is 23.7 Å². The molecule has 0 aliphatic heterocycles. The van der Waals surface area contributed by atoms with E-state index in [9.17, 15) is 0 Å². The van der Waals surface area contributed by atoms with Gasteiger partial charge in [-0.05, 0) is 0 Å². The molecule has 0 aliphatic rings. The molecule has 0 spiro atoms. The zero-order chi connectivity index (χ0) is 5.58. The van der Waals surface area contributed by atoms with Gasteiger partial charge in [0.05, 0.1) is 0 Å². The Morgan fingerprint density at radius 2 is 1.67 bits per heavy atom. The Kier molecular flexibility index (Phi) is 13.9. The monoisotopic (exact) mass is 124 g/mol. The molecule has 4 heteroatoms. The van der Waals surface area contributed by atoms with Crippen molar-refractivity contribution in [3.63, 3.8) is 0 Å². The predicted octanol–water partition coefficient (Wildman–Crippen LogP) is -0.0304. The van der Waals surface area contributed by atoms with Crippen LogP contribution in [0.5, 0.6) is 0 Å². The second-order valence-corrected chi connectivity index (χ2v) is 0.519. The first-order chi connectivity index (χ1) is 2.73. The van der Waals surface area contributed by atoms with E-state index in [1.54, 1.807) is 0 Å². The van der Waals surface area contributed by atoms with Gasteiger partial charge in [0.15, 0.2) is 0 Å². The van der Waals surface area contributed by atoms with Crippen LogP contribution in [0.2, 0.25) is 0 Å². The summed E-state index contributed by atoms with van der Waals surface area (Å²) < 4.78 is 8.25. The summed E-state index contributed by atoms with van der Waals surface area (Å²) in [7, 11) is 0. The van der Waals surface area contributed by atoms with E-state index >= 15 is 0 Å². The van der Waals surface area contributed by atoms with E-state index in [2.05, 4.69) is 0 Å². The van der Waals surface area contributed by atoms with Crippen LogP contribution in [0.3, 0.4) is 0 Å². The van der Waals surface area contributed by atoms with Gasteiger partial charge in [0.1, 0.15) is 0 Å². The van der Waals surface area contributed by atoms with E-state index in [4.69, 9.17) is 13.2 Å². The topological polar surface area (TPSA) is 54.4 Å². The number of hydrogen-bond acceptors (Lipinski definition) is 2. The van der Waals surface area contributed by atoms with E-state index in [1.165, 1.54) is 0 Å². The first-order valence-electron chi connectivity index (χ1n) is 1.13. The number of aliphatic carboxylic acids is 1. The molecule has 0 amide bonds. The van der Waals surface area contributed by atoms with E-state index in [0.717, 1.165) is 27.3 Å². The van der Waals surface area contributed by atoms with Crippen molar-refractivity contribution in [1.82, 2.24) is 0 Å². The predicted molar refractivity (Wildman–Crippen MR) is 14.0 cm³/mol. The fourth-order valence-electron chi connectivity index (χ4n) is 0. The van der Waals surface area contributed by atoms with Crippen LogP contribution in [0, 0.1) is 0 Å². The molecule has 0 saturated carbocycles. The Labute approximate surface area is 47.1 Å². The van der Waals surface area contributed by atoms with Gasteiger partial charge in [0, 0.05) is 6.92 Å². The van der Waals surface area contributed by atoms with Gasteiger partial charge in [-0.15, -0.1) is 0 Å². The van der Waals surface area contributed by atoms with Crippen molar-refractivity contribution in [2.75, 3.05) is 0 Å². The quantitative estimate of drug-likeness (QED) is 0.461. The van der Waals surface area contributed by atoms with Crippen LogP contribution in [-0.2, 0) is 28.5 Å². The average molecular weight is 124 g/mol. The minimum atomic E-state index is -0.833. The zero-order valence-corrected chi connectivity index (χ0v) is 4.83. The van der Waals surface area contributed by atoms with Crippen molar-refractivity contribution in [2.24, 2.45) is 0 Å². The van der Waals surface area contributed by atoms with E-state index in [1.807, 2.05) is 0 Å². The fourth-order valence-corrected chi connectivity index (χ4v) is 0. The van der Waals surface area contributed by atoms with Crippen LogP contribution in [-0.4, -0.2) is 11.1 Å². The Hall–Kier alpha value is -0.0157. The molecule has 0 rings (SSSR count). The Morgan fingerprint density at radius 3 is 1.67 bits per heavy atom. The Bertz CT molecular complexity index is 40.1. The van der Waals surface area contributed by atoms with Gasteiger partial charge in [0.2, 0.25) is 0 Å². The summed E-state index contributed by atoms with van der Waals surface area (Å²) in [5, 5.41) is 7.42. The Morgan fingerprint density at radius 1 is 1.67 bits per heavy atom. The van der Waals surface area contributed by atoms with Crippen LogP contribution in [0.25, 0.3) is 0 Å². The third-order valence-electron chi connectivity index (χ3n) is 0. The SMILES string of the molecule is CC(=O)O.[O]=[Ti]. The number of hydrogen-bond donors (Lipinski definition) is 1.